The number of hydrogen-bond acceptors (Lipinski definition) is 7. The first kappa shape index (κ1) is 25.2. The van der Waals surface area contributed by atoms with E-state index in [0.717, 1.165) is 22.6 Å². The molecule has 8 nitrogen and oxygen atoms in total. The highest BCUT2D eigenvalue weighted by Gasteiger charge is 2.49. The van der Waals surface area contributed by atoms with Crippen LogP contribution in [0.4, 0.5) is 8.78 Å². The van der Waals surface area contributed by atoms with Gasteiger partial charge in [0.15, 0.2) is 11.5 Å². The highest BCUT2D eigenvalue weighted by molar-refractivity contribution is 5.90. The predicted octanol–water partition coefficient (Wildman–Crippen LogP) is 3.37. The summed E-state index contributed by atoms with van der Waals surface area (Å²) in [6.07, 6.45) is 5.30. The highest BCUT2D eigenvalue weighted by Crippen LogP contribution is 2.43. The van der Waals surface area contributed by atoms with Crippen LogP contribution < -0.4 is 14.2 Å². The van der Waals surface area contributed by atoms with E-state index in [1.807, 2.05) is 12.1 Å². The monoisotopic (exact) mass is 478 g/mol. The minimum absolute atomic E-state index is 0.00433. The van der Waals surface area contributed by atoms with Crippen molar-refractivity contribution in [2.45, 2.75) is 37.6 Å². The zero-order valence-electron chi connectivity index (χ0n) is 19.4. The van der Waals surface area contributed by atoms with Crippen LogP contribution in [0.25, 0.3) is 0 Å². The number of methoxy groups -OCH3 is 3. The van der Waals surface area contributed by atoms with Crippen molar-refractivity contribution < 1.29 is 37.3 Å². The van der Waals surface area contributed by atoms with Crippen LogP contribution in [-0.4, -0.2) is 62.3 Å². The minimum Gasteiger partial charge on any atom is -0.493 e. The Hall–Kier alpha value is -3.43. The van der Waals surface area contributed by atoms with E-state index in [4.69, 9.17) is 18.9 Å². The number of benzene rings is 1. The molecule has 0 radical (unpaired) electrons. The van der Waals surface area contributed by atoms with E-state index in [-0.39, 0.29) is 36.8 Å². The van der Waals surface area contributed by atoms with E-state index >= 15 is 8.78 Å². The lowest BCUT2D eigenvalue weighted by atomic mass is 10.0. The van der Waals surface area contributed by atoms with Crippen LogP contribution in [0.2, 0.25) is 0 Å². The summed E-state index contributed by atoms with van der Waals surface area (Å²) in [5.74, 6) is -5.96. The Morgan fingerprint density at radius 3 is 2.44 bits per heavy atom. The van der Waals surface area contributed by atoms with Crippen LogP contribution in [0.1, 0.15) is 30.4 Å². The second kappa shape index (κ2) is 11.1. The molecule has 10 heteroatoms. The number of ether oxygens (including phenoxy) is 4. The number of pyridine rings is 1. The highest BCUT2D eigenvalue weighted by atomic mass is 19.3. The van der Waals surface area contributed by atoms with Crippen LogP contribution in [0.5, 0.6) is 17.2 Å². The molecular weight excluding hydrogens is 450 g/mol. The van der Waals surface area contributed by atoms with E-state index in [1.54, 1.807) is 12.4 Å². The first-order chi connectivity index (χ1) is 16.3. The molecule has 3 rings (SSSR count). The number of esters is 1. The molecule has 34 heavy (non-hydrogen) atoms. The summed E-state index contributed by atoms with van der Waals surface area (Å²) in [5.41, 5.74) is 0.378. The molecule has 1 amide bonds. The summed E-state index contributed by atoms with van der Waals surface area (Å²) < 4.78 is 51.3. The van der Waals surface area contributed by atoms with Gasteiger partial charge in [0.2, 0.25) is 5.75 Å². The van der Waals surface area contributed by atoms with E-state index < -0.39 is 29.4 Å². The van der Waals surface area contributed by atoms with Crippen molar-refractivity contribution in [3.05, 3.63) is 47.8 Å². The number of alkyl halides is 2. The van der Waals surface area contributed by atoms with Gasteiger partial charge in [0, 0.05) is 24.5 Å². The average Bonchev–Trinajstić information content (AvgIpc) is 3.35. The number of amides is 1. The summed E-state index contributed by atoms with van der Waals surface area (Å²) in [5, 5.41) is 0. The molecule has 1 unspecified atom stereocenters. The number of likely N-dealkylation sites (tertiary alicyclic amines) is 1. The zero-order valence-corrected chi connectivity index (χ0v) is 19.4. The van der Waals surface area contributed by atoms with Crippen molar-refractivity contribution in [1.29, 1.82) is 0 Å². The van der Waals surface area contributed by atoms with E-state index in [2.05, 4.69) is 4.98 Å². The molecule has 2 aromatic rings. The second-order valence-corrected chi connectivity index (χ2v) is 7.78. The molecule has 1 aromatic heterocycles. The first-order valence-electron chi connectivity index (χ1n) is 10.9. The van der Waals surface area contributed by atoms with Gasteiger partial charge in [-0.1, -0.05) is 6.07 Å². The Morgan fingerprint density at radius 1 is 1.15 bits per heavy atom. The van der Waals surface area contributed by atoms with Crippen molar-refractivity contribution in [2.75, 3.05) is 34.5 Å². The number of aromatic nitrogens is 1. The number of aryl methyl sites for hydroxylation is 1. The van der Waals surface area contributed by atoms with Gasteiger partial charge in [-0.2, -0.15) is 8.78 Å². The predicted molar refractivity (Wildman–Crippen MR) is 118 cm³/mol. The quantitative estimate of drug-likeness (QED) is 0.382. The fourth-order valence-electron chi connectivity index (χ4n) is 3.91. The lowest BCUT2D eigenvalue weighted by Crippen LogP contribution is -2.47. The average molecular weight is 478 g/mol. The summed E-state index contributed by atoms with van der Waals surface area (Å²) in [4.78, 5) is 30.4. The molecule has 1 aromatic carbocycles. The van der Waals surface area contributed by atoms with Gasteiger partial charge < -0.3 is 23.8 Å². The smallest absolute Gasteiger partial charge is 0.350 e. The van der Waals surface area contributed by atoms with Crippen LogP contribution in [-0.2, 0) is 26.7 Å². The Morgan fingerprint density at radius 2 is 1.85 bits per heavy atom. The molecule has 1 aliphatic rings. The summed E-state index contributed by atoms with van der Waals surface area (Å²) in [6, 6.07) is 4.73. The Kier molecular flexibility index (Phi) is 8.25. The number of carbonyl (C=O) groups is 2. The van der Waals surface area contributed by atoms with E-state index in [0.29, 0.717) is 19.3 Å². The molecular formula is C24H28F2N2O6. The maximum atomic E-state index is 15.3. The molecule has 2 heterocycles. The van der Waals surface area contributed by atoms with Gasteiger partial charge in [-0.25, -0.2) is 4.79 Å². The van der Waals surface area contributed by atoms with Gasteiger partial charge in [-0.3, -0.25) is 9.78 Å². The van der Waals surface area contributed by atoms with Crippen LogP contribution in [0, 0.1) is 0 Å². The normalized spacial score (nSPS) is 15.7. The molecule has 1 atom stereocenters. The number of halogens is 2. The lowest BCUT2D eigenvalue weighted by Gasteiger charge is -2.28. The third-order valence-corrected chi connectivity index (χ3v) is 5.66. The maximum Gasteiger partial charge on any atom is 0.350 e. The zero-order chi connectivity index (χ0) is 24.7. The summed E-state index contributed by atoms with van der Waals surface area (Å²) >= 11 is 0. The lowest BCUT2D eigenvalue weighted by molar-refractivity contribution is -0.166. The topological polar surface area (TPSA) is 87.2 Å². The number of carbonyl (C=O) groups excluding carboxylic acids is 2. The van der Waals surface area contributed by atoms with Crippen LogP contribution >= 0.6 is 0 Å². The van der Waals surface area contributed by atoms with Crippen molar-refractivity contribution in [1.82, 2.24) is 9.88 Å². The van der Waals surface area contributed by atoms with Crippen molar-refractivity contribution >= 4 is 11.9 Å². The molecule has 1 saturated heterocycles. The molecule has 0 N–H and O–H groups in total. The number of nitrogens with zero attached hydrogens (tertiary/aromatic N) is 2. The second-order valence-electron chi connectivity index (χ2n) is 7.78. The van der Waals surface area contributed by atoms with Crippen LogP contribution in [0.15, 0.2) is 36.7 Å². The van der Waals surface area contributed by atoms with Crippen molar-refractivity contribution in [3.63, 3.8) is 0 Å². The van der Waals surface area contributed by atoms with E-state index in [1.165, 1.54) is 21.3 Å². The molecule has 0 spiro atoms. The fraction of sp³-hybridized carbons (Fsp3) is 0.458. The standard InChI is InChI=1S/C24H28F2N2O6/c1-31-19-13-17(14-20(32-2)21(19)33-3)24(25,26)23(30)28-11-5-9-18(28)22(29)34-12-6-8-16-7-4-10-27-15-16/h4,7,10,13-15,18H,5-6,8-9,11-12H2,1-3H3. The molecule has 1 aliphatic heterocycles. The van der Waals surface area contributed by atoms with Gasteiger partial charge in [-0.05, 0) is 49.4 Å². The largest absolute Gasteiger partial charge is 0.493 e. The number of rotatable bonds is 10. The van der Waals surface area contributed by atoms with Gasteiger partial charge >= 0.3 is 11.9 Å². The molecule has 0 saturated carbocycles. The third-order valence-electron chi connectivity index (χ3n) is 5.66. The minimum atomic E-state index is -3.92. The third kappa shape index (κ3) is 5.37. The number of hydrogen-bond donors (Lipinski definition) is 0. The van der Waals surface area contributed by atoms with Gasteiger partial charge in [0.1, 0.15) is 6.04 Å². The Balaban J connectivity index is 1.69. The van der Waals surface area contributed by atoms with Gasteiger partial charge in [-0.15, -0.1) is 0 Å². The summed E-state index contributed by atoms with van der Waals surface area (Å²) in [7, 11) is 3.93. The molecule has 1 fully saturated rings. The molecule has 0 bridgehead atoms. The van der Waals surface area contributed by atoms with Gasteiger partial charge in [0.05, 0.1) is 27.9 Å². The van der Waals surface area contributed by atoms with Crippen molar-refractivity contribution in [3.8, 4) is 17.2 Å². The fourth-order valence-corrected chi connectivity index (χ4v) is 3.91. The SMILES string of the molecule is COc1cc(C(F)(F)C(=O)N2CCCC2C(=O)OCCCc2cccnc2)cc(OC)c1OC. The van der Waals surface area contributed by atoms with E-state index in [9.17, 15) is 9.59 Å². The van der Waals surface area contributed by atoms with Gasteiger partial charge in [0.25, 0.3) is 5.91 Å². The van der Waals surface area contributed by atoms with Crippen molar-refractivity contribution in [2.24, 2.45) is 0 Å². The summed E-state index contributed by atoms with van der Waals surface area (Å²) in [6.45, 7) is 0.157. The Bertz CT molecular complexity index is 977. The molecule has 0 aliphatic carbocycles. The molecule has 184 valence electrons. The first-order valence-corrected chi connectivity index (χ1v) is 10.9. The maximum absolute atomic E-state index is 15.3. The van der Waals surface area contributed by atoms with Crippen LogP contribution in [0.3, 0.4) is 0 Å². The Labute approximate surface area is 196 Å².